The summed E-state index contributed by atoms with van der Waals surface area (Å²) in [5.41, 5.74) is 3.62. The molecule has 1 aliphatic rings. The van der Waals surface area contributed by atoms with E-state index in [1.54, 1.807) is 23.1 Å². The van der Waals surface area contributed by atoms with Crippen molar-refractivity contribution in [3.63, 3.8) is 0 Å². The summed E-state index contributed by atoms with van der Waals surface area (Å²) in [7, 11) is 0. The molecule has 4 N–H and O–H groups in total. The van der Waals surface area contributed by atoms with Gasteiger partial charge in [0.25, 0.3) is 5.91 Å². The Morgan fingerprint density at radius 3 is 3.00 bits per heavy atom. The molecule has 1 amide bonds. The number of likely N-dealkylation sites (tertiary alicyclic amines) is 1. The topological polar surface area (TPSA) is 101 Å². The Morgan fingerprint density at radius 2 is 2.19 bits per heavy atom. The second kappa shape index (κ2) is 8.95. The molecule has 2 unspecified atom stereocenters. The molecule has 9 heteroatoms. The van der Waals surface area contributed by atoms with E-state index in [-0.39, 0.29) is 23.4 Å². The fourth-order valence-electron chi connectivity index (χ4n) is 3.84. The van der Waals surface area contributed by atoms with Crippen LogP contribution in [-0.4, -0.2) is 40.8 Å². The molecule has 2 heterocycles. The second-order valence-corrected chi connectivity index (χ2v) is 8.03. The molecule has 0 radical (unpaired) electrons. The van der Waals surface area contributed by atoms with Crippen LogP contribution in [0, 0.1) is 5.82 Å². The first kappa shape index (κ1) is 21.1. The number of rotatable bonds is 5. The first-order valence-corrected chi connectivity index (χ1v) is 10.4. The Hall–Kier alpha value is -3.10. The average molecular weight is 444 g/mol. The number of fused-ring (bicyclic) bond motifs is 1. The number of carbonyl (C=O) groups is 1. The predicted octanol–water partition coefficient (Wildman–Crippen LogP) is 2.04. The van der Waals surface area contributed by atoms with Gasteiger partial charge in [-0.1, -0.05) is 16.7 Å². The van der Waals surface area contributed by atoms with Gasteiger partial charge in [0.1, 0.15) is 23.1 Å². The average Bonchev–Trinajstić information content (AvgIpc) is 3.18. The van der Waals surface area contributed by atoms with Gasteiger partial charge >= 0.3 is 0 Å². The number of piperidine rings is 1. The third kappa shape index (κ3) is 4.50. The van der Waals surface area contributed by atoms with Gasteiger partial charge in [-0.15, -0.1) is 0 Å². The second-order valence-electron chi connectivity index (χ2n) is 7.60. The van der Waals surface area contributed by atoms with E-state index in [1.165, 1.54) is 36.1 Å². The van der Waals surface area contributed by atoms with Gasteiger partial charge in [-0.3, -0.25) is 10.2 Å². The molecule has 1 aromatic heterocycles. The number of halogens is 2. The van der Waals surface area contributed by atoms with Gasteiger partial charge < -0.3 is 9.32 Å². The highest BCUT2D eigenvalue weighted by Crippen LogP contribution is 2.33. The Kier molecular flexibility index (Phi) is 6.11. The predicted molar refractivity (Wildman–Crippen MR) is 116 cm³/mol. The summed E-state index contributed by atoms with van der Waals surface area (Å²) in [4.78, 5) is 19.7. The van der Waals surface area contributed by atoms with Crippen LogP contribution in [0.2, 0.25) is 5.02 Å². The SMILES string of the molecule is CC1CCC(c2nc3cc(Cl)ccc3o2)CN1C(=O)c1cc(F)ccc1[NH2+]N=CC=[NH2+]. The van der Waals surface area contributed by atoms with Gasteiger partial charge in [-0.05, 0) is 50.1 Å². The van der Waals surface area contributed by atoms with Crippen LogP contribution < -0.4 is 10.8 Å². The minimum Gasteiger partial charge on any atom is -0.440 e. The van der Waals surface area contributed by atoms with Crippen LogP contribution in [0.1, 0.15) is 41.9 Å². The molecular formula is C22H23ClFN5O2+2. The van der Waals surface area contributed by atoms with Crippen LogP contribution in [0.4, 0.5) is 10.1 Å². The van der Waals surface area contributed by atoms with E-state index in [2.05, 4.69) is 10.1 Å². The smallest absolute Gasteiger partial charge is 0.260 e. The lowest BCUT2D eigenvalue weighted by atomic mass is 9.92. The third-order valence-electron chi connectivity index (χ3n) is 5.49. The molecule has 1 fully saturated rings. The Morgan fingerprint density at radius 1 is 1.35 bits per heavy atom. The number of quaternary nitrogens is 1. The monoisotopic (exact) mass is 443 g/mol. The van der Waals surface area contributed by atoms with Gasteiger partial charge in [0.05, 0.1) is 5.92 Å². The van der Waals surface area contributed by atoms with E-state index in [4.69, 9.17) is 21.4 Å². The molecule has 1 aliphatic heterocycles. The van der Waals surface area contributed by atoms with Crippen molar-refractivity contribution < 1.29 is 24.4 Å². The number of benzene rings is 2. The number of hydrogen-bond donors (Lipinski definition) is 2. The van der Waals surface area contributed by atoms with E-state index in [0.29, 0.717) is 34.2 Å². The van der Waals surface area contributed by atoms with Crippen molar-refractivity contribution in [2.45, 2.75) is 31.7 Å². The van der Waals surface area contributed by atoms with Crippen molar-refractivity contribution in [1.29, 1.82) is 0 Å². The van der Waals surface area contributed by atoms with Crippen LogP contribution in [0.5, 0.6) is 0 Å². The number of hydrogen-bond acceptors (Lipinski definition) is 4. The quantitative estimate of drug-likeness (QED) is 0.273. The number of oxazole rings is 1. The lowest BCUT2D eigenvalue weighted by Gasteiger charge is -2.37. The van der Waals surface area contributed by atoms with Gasteiger partial charge in [-0.2, -0.15) is 5.43 Å². The van der Waals surface area contributed by atoms with Crippen molar-refractivity contribution in [2.75, 3.05) is 6.54 Å². The van der Waals surface area contributed by atoms with Gasteiger partial charge in [0, 0.05) is 23.7 Å². The zero-order valence-electron chi connectivity index (χ0n) is 17.0. The van der Waals surface area contributed by atoms with E-state index >= 15 is 0 Å². The molecule has 0 saturated carbocycles. The summed E-state index contributed by atoms with van der Waals surface area (Å²) in [5, 5.41) is 9.93. The Bertz CT molecular complexity index is 1160. The van der Waals surface area contributed by atoms with E-state index in [1.807, 2.05) is 6.92 Å². The van der Waals surface area contributed by atoms with Crippen molar-refractivity contribution in [3.05, 3.63) is 58.7 Å². The molecule has 0 aliphatic carbocycles. The summed E-state index contributed by atoms with van der Waals surface area (Å²) in [6, 6.07) is 9.38. The lowest BCUT2D eigenvalue weighted by molar-refractivity contribution is -0.577. The highest BCUT2D eigenvalue weighted by atomic mass is 35.5. The molecule has 31 heavy (non-hydrogen) atoms. The van der Waals surface area contributed by atoms with Crippen molar-refractivity contribution in [1.82, 2.24) is 9.88 Å². The van der Waals surface area contributed by atoms with E-state index in [9.17, 15) is 9.18 Å². The molecule has 7 nitrogen and oxygen atoms in total. The van der Waals surface area contributed by atoms with Crippen LogP contribution in [0.25, 0.3) is 11.1 Å². The maximum absolute atomic E-state index is 14.0. The molecule has 0 bridgehead atoms. The normalized spacial score (nSPS) is 19.3. The minimum absolute atomic E-state index is 0.000401. The fraction of sp³-hybridized carbons (Fsp3) is 0.273. The van der Waals surface area contributed by atoms with Crippen LogP contribution in [0.3, 0.4) is 0 Å². The molecule has 1 saturated heterocycles. The van der Waals surface area contributed by atoms with Crippen molar-refractivity contribution in [3.8, 4) is 0 Å². The molecule has 2 aromatic carbocycles. The first-order valence-electron chi connectivity index (χ1n) is 10.0. The molecule has 3 aromatic rings. The fourth-order valence-corrected chi connectivity index (χ4v) is 4.00. The van der Waals surface area contributed by atoms with Gasteiger partial charge in [0.15, 0.2) is 23.4 Å². The molecule has 4 rings (SSSR count). The number of nitrogens with two attached hydrogens (primary N) is 2. The largest absolute Gasteiger partial charge is 0.440 e. The van der Waals surface area contributed by atoms with E-state index < -0.39 is 5.82 Å². The zero-order valence-corrected chi connectivity index (χ0v) is 17.7. The maximum atomic E-state index is 14.0. The van der Waals surface area contributed by atoms with Gasteiger partial charge in [0.2, 0.25) is 0 Å². The third-order valence-corrected chi connectivity index (χ3v) is 5.72. The summed E-state index contributed by atoms with van der Waals surface area (Å²) >= 11 is 6.05. The number of aromatic nitrogens is 1. The molecular weight excluding hydrogens is 421 g/mol. The lowest BCUT2D eigenvalue weighted by Crippen LogP contribution is -2.72. The molecule has 160 valence electrons. The standard InChI is InChI=1S/C22H21ClFN5O2/c1-13-2-3-14(21-27-19-10-15(23)4-7-20(19)31-21)12-29(13)22(30)17-11-16(24)5-6-18(17)28-26-9-8-25/h4-11,13-14,25,28H,2-3,12H2,1H3/p+2. The zero-order chi connectivity index (χ0) is 22.0. The van der Waals surface area contributed by atoms with Crippen molar-refractivity contribution in [2.24, 2.45) is 5.10 Å². The maximum Gasteiger partial charge on any atom is 0.260 e. The first-order chi connectivity index (χ1) is 15.0. The number of carbonyl (C=O) groups excluding carboxylic acids is 1. The minimum atomic E-state index is -0.480. The van der Waals surface area contributed by atoms with Gasteiger partial charge in [-0.25, -0.2) is 9.37 Å². The van der Waals surface area contributed by atoms with Crippen LogP contribution in [0.15, 0.2) is 45.9 Å². The summed E-state index contributed by atoms with van der Waals surface area (Å²) in [6.07, 6.45) is 4.30. The summed E-state index contributed by atoms with van der Waals surface area (Å²) in [5.74, 6) is -0.214. The Balaban J connectivity index is 1.61. The number of amides is 1. The summed E-state index contributed by atoms with van der Waals surface area (Å²) in [6.45, 7) is 2.42. The van der Waals surface area contributed by atoms with Crippen molar-refractivity contribution >= 4 is 46.7 Å². The highest BCUT2D eigenvalue weighted by Gasteiger charge is 2.34. The number of nitrogens with zero attached hydrogens (tertiary/aromatic N) is 3. The van der Waals surface area contributed by atoms with Crippen LogP contribution >= 0.6 is 11.6 Å². The summed E-state index contributed by atoms with van der Waals surface area (Å²) < 4.78 is 19.9. The molecule has 0 spiro atoms. The van der Waals surface area contributed by atoms with E-state index in [0.717, 1.165) is 12.8 Å². The Labute approximate surface area is 183 Å². The molecule has 2 atom stereocenters. The highest BCUT2D eigenvalue weighted by molar-refractivity contribution is 6.31. The van der Waals surface area contributed by atoms with Crippen LogP contribution in [-0.2, 0) is 0 Å².